The van der Waals surface area contributed by atoms with Crippen molar-refractivity contribution < 1.29 is 12.8 Å². The van der Waals surface area contributed by atoms with Crippen LogP contribution in [0.25, 0.3) is 0 Å². The highest BCUT2D eigenvalue weighted by atomic mass is 35.5. The zero-order chi connectivity index (χ0) is 23.8. The molecular formula is C25H22Cl2FNO2S2. The standard InChI is InChI=1S/C25H22Cl2FNO2S2/c1-16-5-8-18-14-20(28)9-12-24(18)29(16)33(30,31)22-10-6-17(7-11-22)13-21(32)15-19-3-2-4-23(26)25(19)27/h2-4,6-7,9-12,14,16H,5,8,13,15H2,1H3. The number of benzene rings is 3. The van der Waals surface area contributed by atoms with E-state index in [0.29, 0.717) is 47.0 Å². The minimum absolute atomic E-state index is 0.194. The van der Waals surface area contributed by atoms with Gasteiger partial charge in [-0.15, -0.1) is 0 Å². The SMILES string of the molecule is CC1CCc2cc(F)ccc2N1S(=O)(=O)c1ccc(CC(=S)Cc2cccc(Cl)c2Cl)cc1. The van der Waals surface area contributed by atoms with Gasteiger partial charge in [-0.25, -0.2) is 12.8 Å². The van der Waals surface area contributed by atoms with Crippen LogP contribution < -0.4 is 4.31 Å². The highest BCUT2D eigenvalue weighted by Crippen LogP contribution is 2.36. The van der Waals surface area contributed by atoms with Crippen LogP contribution in [0.2, 0.25) is 10.0 Å². The number of fused-ring (bicyclic) bond motifs is 1. The first-order valence-electron chi connectivity index (χ1n) is 10.5. The Hall–Kier alpha value is -1.99. The van der Waals surface area contributed by atoms with E-state index in [1.165, 1.54) is 16.4 Å². The number of anilines is 1. The second-order valence-electron chi connectivity index (χ2n) is 8.21. The molecule has 0 amide bonds. The number of hydrogen-bond donors (Lipinski definition) is 0. The lowest BCUT2D eigenvalue weighted by molar-refractivity contribution is 0.560. The Morgan fingerprint density at radius 3 is 2.55 bits per heavy atom. The molecule has 1 unspecified atom stereocenters. The monoisotopic (exact) mass is 521 g/mol. The predicted molar refractivity (Wildman–Crippen MR) is 137 cm³/mol. The van der Waals surface area contributed by atoms with Gasteiger partial charge in [0.25, 0.3) is 10.0 Å². The highest BCUT2D eigenvalue weighted by molar-refractivity contribution is 7.92. The summed E-state index contributed by atoms with van der Waals surface area (Å²) in [7, 11) is -3.80. The molecule has 3 aromatic rings. The van der Waals surface area contributed by atoms with Crippen molar-refractivity contribution in [3.63, 3.8) is 0 Å². The molecule has 0 N–H and O–H groups in total. The first kappa shape index (κ1) is 24.1. The van der Waals surface area contributed by atoms with Crippen molar-refractivity contribution in [2.45, 2.75) is 43.5 Å². The van der Waals surface area contributed by atoms with E-state index < -0.39 is 10.0 Å². The number of rotatable bonds is 6. The lowest BCUT2D eigenvalue weighted by Crippen LogP contribution is -2.42. The third-order valence-electron chi connectivity index (χ3n) is 5.81. The first-order valence-corrected chi connectivity index (χ1v) is 13.1. The first-order chi connectivity index (χ1) is 15.7. The topological polar surface area (TPSA) is 37.4 Å². The van der Waals surface area contributed by atoms with E-state index in [1.807, 2.05) is 19.1 Å². The number of thiocarbonyl (C=S) groups is 1. The van der Waals surface area contributed by atoms with Gasteiger partial charge in [0, 0.05) is 23.7 Å². The quantitative estimate of drug-likeness (QED) is 0.334. The molecule has 0 fully saturated rings. The Bertz CT molecular complexity index is 1310. The van der Waals surface area contributed by atoms with Crippen LogP contribution >= 0.6 is 35.4 Å². The fourth-order valence-electron chi connectivity index (χ4n) is 4.14. The zero-order valence-corrected chi connectivity index (χ0v) is 21.0. The molecule has 1 heterocycles. The van der Waals surface area contributed by atoms with Crippen molar-refractivity contribution in [2.24, 2.45) is 0 Å². The second-order valence-corrected chi connectivity index (χ2v) is 11.4. The van der Waals surface area contributed by atoms with Crippen molar-refractivity contribution in [1.82, 2.24) is 0 Å². The van der Waals surface area contributed by atoms with Crippen LogP contribution in [0.1, 0.15) is 30.0 Å². The molecule has 0 saturated carbocycles. The van der Waals surface area contributed by atoms with E-state index in [4.69, 9.17) is 35.4 Å². The number of nitrogens with zero attached hydrogens (tertiary/aromatic N) is 1. The molecule has 1 atom stereocenters. The van der Waals surface area contributed by atoms with Crippen molar-refractivity contribution in [3.8, 4) is 0 Å². The molecule has 0 aliphatic carbocycles. The molecule has 8 heteroatoms. The maximum atomic E-state index is 13.7. The summed E-state index contributed by atoms with van der Waals surface area (Å²) >= 11 is 17.9. The summed E-state index contributed by atoms with van der Waals surface area (Å²) in [4.78, 5) is 0.967. The highest BCUT2D eigenvalue weighted by Gasteiger charge is 2.34. The lowest BCUT2D eigenvalue weighted by Gasteiger charge is -2.36. The lowest BCUT2D eigenvalue weighted by atomic mass is 9.99. The summed E-state index contributed by atoms with van der Waals surface area (Å²) in [6, 6.07) is 16.3. The van der Waals surface area contributed by atoms with Gasteiger partial charge in [-0.1, -0.05) is 59.7 Å². The number of sulfonamides is 1. The van der Waals surface area contributed by atoms with Gasteiger partial charge in [-0.2, -0.15) is 0 Å². The molecule has 1 aliphatic rings. The van der Waals surface area contributed by atoms with E-state index in [1.54, 1.807) is 36.4 Å². The van der Waals surface area contributed by atoms with Crippen LogP contribution in [-0.4, -0.2) is 19.3 Å². The molecule has 0 radical (unpaired) electrons. The van der Waals surface area contributed by atoms with Gasteiger partial charge in [0.1, 0.15) is 5.82 Å². The molecular weight excluding hydrogens is 500 g/mol. The average Bonchev–Trinajstić information content (AvgIpc) is 2.77. The predicted octanol–water partition coefficient (Wildman–Crippen LogP) is 6.82. The fourth-order valence-corrected chi connectivity index (χ4v) is 6.57. The van der Waals surface area contributed by atoms with Crippen LogP contribution in [0, 0.1) is 5.82 Å². The molecule has 172 valence electrons. The summed E-state index contributed by atoms with van der Waals surface area (Å²) in [5.41, 5.74) is 3.02. The van der Waals surface area contributed by atoms with E-state index in [0.717, 1.165) is 16.0 Å². The van der Waals surface area contributed by atoms with Crippen molar-refractivity contribution >= 4 is 56.0 Å². The molecule has 1 aliphatic heterocycles. The maximum absolute atomic E-state index is 13.7. The molecule has 0 bridgehead atoms. The molecule has 0 spiro atoms. The van der Waals surface area contributed by atoms with Crippen molar-refractivity contribution in [3.05, 3.63) is 93.2 Å². The Morgan fingerprint density at radius 1 is 1.09 bits per heavy atom. The molecule has 33 heavy (non-hydrogen) atoms. The number of aryl methyl sites for hydroxylation is 1. The van der Waals surface area contributed by atoms with E-state index in [9.17, 15) is 12.8 Å². The summed E-state index contributed by atoms with van der Waals surface area (Å²) in [6.45, 7) is 1.87. The zero-order valence-electron chi connectivity index (χ0n) is 17.9. The van der Waals surface area contributed by atoms with Crippen LogP contribution in [0.4, 0.5) is 10.1 Å². The molecule has 0 aromatic heterocycles. The van der Waals surface area contributed by atoms with Crippen molar-refractivity contribution in [1.29, 1.82) is 0 Å². The van der Waals surface area contributed by atoms with E-state index >= 15 is 0 Å². The molecule has 0 saturated heterocycles. The second kappa shape index (κ2) is 9.71. The summed E-state index contributed by atoms with van der Waals surface area (Å²) in [6.07, 6.45) is 2.30. The Kier molecular flexibility index (Phi) is 7.10. The average molecular weight is 522 g/mol. The molecule has 3 aromatic carbocycles. The Balaban J connectivity index is 1.53. The van der Waals surface area contributed by atoms with Crippen LogP contribution in [0.3, 0.4) is 0 Å². The van der Waals surface area contributed by atoms with Gasteiger partial charge in [0.15, 0.2) is 0 Å². The van der Waals surface area contributed by atoms with Gasteiger partial charge in [0.05, 0.1) is 20.6 Å². The third-order valence-corrected chi connectivity index (χ3v) is 8.90. The summed E-state index contributed by atoms with van der Waals surface area (Å²) in [5.74, 6) is -0.361. The number of hydrogen-bond acceptors (Lipinski definition) is 3. The van der Waals surface area contributed by atoms with Gasteiger partial charge in [0.2, 0.25) is 0 Å². The van der Waals surface area contributed by atoms with Crippen LogP contribution in [0.15, 0.2) is 65.6 Å². The van der Waals surface area contributed by atoms with Gasteiger partial charge in [-0.05, 0) is 72.9 Å². The van der Waals surface area contributed by atoms with E-state index in [2.05, 4.69) is 0 Å². The summed E-state index contributed by atoms with van der Waals surface area (Å²) < 4.78 is 42.0. The smallest absolute Gasteiger partial charge is 0.263 e. The van der Waals surface area contributed by atoms with Crippen LogP contribution in [-0.2, 0) is 29.3 Å². The van der Waals surface area contributed by atoms with Gasteiger partial charge in [-0.3, -0.25) is 4.31 Å². The van der Waals surface area contributed by atoms with Crippen LogP contribution in [0.5, 0.6) is 0 Å². The minimum Gasteiger partial charge on any atom is -0.263 e. The fraction of sp³-hybridized carbons (Fsp3) is 0.240. The summed E-state index contributed by atoms with van der Waals surface area (Å²) in [5, 5.41) is 0.988. The van der Waals surface area contributed by atoms with Gasteiger partial charge >= 0.3 is 0 Å². The third kappa shape index (κ3) is 5.09. The minimum atomic E-state index is -3.80. The largest absolute Gasteiger partial charge is 0.264 e. The molecule has 4 rings (SSSR count). The maximum Gasteiger partial charge on any atom is 0.264 e. The van der Waals surface area contributed by atoms with Gasteiger partial charge < -0.3 is 0 Å². The Morgan fingerprint density at radius 2 is 1.82 bits per heavy atom. The van der Waals surface area contributed by atoms with E-state index in [-0.39, 0.29) is 16.8 Å². The van der Waals surface area contributed by atoms with Crippen molar-refractivity contribution in [2.75, 3.05) is 4.31 Å². The molecule has 3 nitrogen and oxygen atoms in total. The Labute approximate surface area is 209 Å². The normalized spacial score (nSPS) is 15.9. The number of halogens is 3.